The molecule has 1 aromatic rings. The molecule has 1 amide bonds. The van der Waals surface area contributed by atoms with E-state index in [1.807, 2.05) is 25.7 Å². The molecule has 23 heavy (non-hydrogen) atoms. The van der Waals surface area contributed by atoms with Gasteiger partial charge in [0.2, 0.25) is 11.6 Å². The number of anilines is 1. The van der Waals surface area contributed by atoms with E-state index >= 15 is 0 Å². The van der Waals surface area contributed by atoms with Gasteiger partial charge in [-0.15, -0.1) is 0 Å². The lowest BCUT2D eigenvalue weighted by atomic mass is 10.1. The third-order valence-corrected chi connectivity index (χ3v) is 3.61. The van der Waals surface area contributed by atoms with Crippen LogP contribution < -0.4 is 10.2 Å². The van der Waals surface area contributed by atoms with Gasteiger partial charge in [-0.2, -0.15) is 0 Å². The summed E-state index contributed by atoms with van der Waals surface area (Å²) >= 11 is 5.94. The molecule has 0 radical (unpaired) electrons. The minimum atomic E-state index is -0.499. The standard InChI is InChI=1S/C15H20ClN5O2/c1-15(2,3)23-14(22)19-7-10-5-6-21(9-10)13-18-8-11(17-4)12(16)20-13/h8,10H,5-7,9H2,1-3H3,(H,19,22). The van der Waals surface area contributed by atoms with Crippen LogP contribution >= 0.6 is 11.6 Å². The van der Waals surface area contributed by atoms with Gasteiger partial charge >= 0.3 is 6.09 Å². The largest absolute Gasteiger partial charge is 0.444 e. The third-order valence-electron chi connectivity index (χ3n) is 3.33. The van der Waals surface area contributed by atoms with E-state index in [0.29, 0.717) is 18.4 Å². The molecule has 0 aliphatic carbocycles. The summed E-state index contributed by atoms with van der Waals surface area (Å²) in [5, 5.41) is 2.96. The Balaban J connectivity index is 1.86. The van der Waals surface area contributed by atoms with Crippen molar-refractivity contribution in [3.63, 3.8) is 0 Å². The number of hydrogen-bond acceptors (Lipinski definition) is 5. The summed E-state index contributed by atoms with van der Waals surface area (Å²) in [6.45, 7) is 14.5. The van der Waals surface area contributed by atoms with E-state index in [1.54, 1.807) is 0 Å². The molecule has 1 aliphatic heterocycles. The molecule has 0 saturated carbocycles. The van der Waals surface area contributed by atoms with Crippen LogP contribution in [0.25, 0.3) is 4.85 Å². The monoisotopic (exact) mass is 337 g/mol. The molecule has 2 rings (SSSR count). The number of carbonyl (C=O) groups excluding carboxylic acids is 1. The Labute approximate surface area is 140 Å². The molecule has 1 unspecified atom stereocenters. The first kappa shape index (κ1) is 17.3. The second-order valence-corrected chi connectivity index (χ2v) is 6.80. The Morgan fingerprint density at radius 3 is 2.96 bits per heavy atom. The van der Waals surface area contributed by atoms with Gasteiger partial charge in [0.25, 0.3) is 0 Å². The highest BCUT2D eigenvalue weighted by Crippen LogP contribution is 2.26. The molecule has 8 heteroatoms. The summed E-state index contributed by atoms with van der Waals surface area (Å²) in [5.74, 6) is 0.813. The van der Waals surface area contributed by atoms with Crippen molar-refractivity contribution in [1.29, 1.82) is 0 Å². The molecule has 1 fully saturated rings. The number of hydrogen-bond donors (Lipinski definition) is 1. The van der Waals surface area contributed by atoms with Gasteiger partial charge in [-0.25, -0.2) is 19.6 Å². The number of aromatic nitrogens is 2. The fraction of sp³-hybridized carbons (Fsp3) is 0.600. The van der Waals surface area contributed by atoms with Crippen molar-refractivity contribution in [1.82, 2.24) is 15.3 Å². The Morgan fingerprint density at radius 1 is 1.61 bits per heavy atom. The molecule has 124 valence electrons. The SMILES string of the molecule is [C-]#[N+]c1cnc(N2CCC(CNC(=O)OC(C)(C)C)C2)nc1Cl. The summed E-state index contributed by atoms with van der Waals surface area (Å²) in [5.41, 5.74) is -0.251. The molecule has 0 spiro atoms. The fourth-order valence-electron chi connectivity index (χ4n) is 2.30. The maximum atomic E-state index is 11.7. The number of alkyl carbamates (subject to hydrolysis) is 1. The minimum Gasteiger partial charge on any atom is -0.444 e. The Morgan fingerprint density at radius 2 is 2.35 bits per heavy atom. The average molecular weight is 338 g/mol. The van der Waals surface area contributed by atoms with Crippen LogP contribution in [0.4, 0.5) is 16.4 Å². The summed E-state index contributed by atoms with van der Waals surface area (Å²) in [6, 6.07) is 0. The lowest BCUT2D eigenvalue weighted by Gasteiger charge is -2.21. The Bertz CT molecular complexity index is 623. The van der Waals surface area contributed by atoms with E-state index in [9.17, 15) is 4.79 Å². The Kier molecular flexibility index (Phi) is 5.26. The van der Waals surface area contributed by atoms with Crippen LogP contribution in [-0.2, 0) is 4.74 Å². The van der Waals surface area contributed by atoms with Crippen molar-refractivity contribution in [2.45, 2.75) is 32.8 Å². The molecule has 0 aromatic carbocycles. The van der Waals surface area contributed by atoms with E-state index in [2.05, 4.69) is 20.1 Å². The highest BCUT2D eigenvalue weighted by atomic mass is 35.5. The summed E-state index contributed by atoms with van der Waals surface area (Å²) < 4.78 is 5.22. The predicted octanol–water partition coefficient (Wildman–Crippen LogP) is 3.03. The first-order valence-electron chi connectivity index (χ1n) is 7.40. The van der Waals surface area contributed by atoms with Gasteiger partial charge in [0, 0.05) is 25.8 Å². The molecule has 7 nitrogen and oxygen atoms in total. The van der Waals surface area contributed by atoms with Crippen LogP contribution in [0.1, 0.15) is 27.2 Å². The molecular weight excluding hydrogens is 318 g/mol. The smallest absolute Gasteiger partial charge is 0.407 e. The normalized spacial score (nSPS) is 17.7. The van der Waals surface area contributed by atoms with Crippen LogP contribution in [0.3, 0.4) is 0 Å². The van der Waals surface area contributed by atoms with Crippen LogP contribution in [0.15, 0.2) is 6.20 Å². The van der Waals surface area contributed by atoms with Crippen molar-refractivity contribution >= 4 is 29.3 Å². The molecule has 1 atom stereocenters. The van der Waals surface area contributed by atoms with E-state index in [-0.39, 0.29) is 10.8 Å². The molecule has 1 aromatic heterocycles. The van der Waals surface area contributed by atoms with Gasteiger partial charge in [0.1, 0.15) is 10.8 Å². The maximum Gasteiger partial charge on any atom is 0.407 e. The topological polar surface area (TPSA) is 71.7 Å². The molecule has 1 saturated heterocycles. The van der Waals surface area contributed by atoms with Crippen LogP contribution in [0, 0.1) is 12.5 Å². The summed E-state index contributed by atoms with van der Waals surface area (Å²) in [6.07, 6.45) is 1.95. The predicted molar refractivity (Wildman–Crippen MR) is 87.9 cm³/mol. The van der Waals surface area contributed by atoms with Crippen LogP contribution in [-0.4, -0.2) is 41.3 Å². The molecular formula is C15H20ClN5O2. The van der Waals surface area contributed by atoms with Gasteiger partial charge in [-0.1, -0.05) is 11.6 Å². The van der Waals surface area contributed by atoms with Crippen LogP contribution in [0.5, 0.6) is 0 Å². The molecule has 0 bridgehead atoms. The molecule has 1 N–H and O–H groups in total. The van der Waals surface area contributed by atoms with Gasteiger partial charge in [0.05, 0.1) is 6.57 Å². The van der Waals surface area contributed by atoms with Gasteiger partial charge in [0.15, 0.2) is 0 Å². The lowest BCUT2D eigenvalue weighted by molar-refractivity contribution is 0.0520. The van der Waals surface area contributed by atoms with E-state index in [4.69, 9.17) is 22.9 Å². The number of amides is 1. The summed E-state index contributed by atoms with van der Waals surface area (Å²) in [7, 11) is 0. The second-order valence-electron chi connectivity index (χ2n) is 6.44. The molecule has 1 aliphatic rings. The zero-order chi connectivity index (χ0) is 17.0. The number of nitrogens with zero attached hydrogens (tertiary/aromatic N) is 4. The molecule has 2 heterocycles. The quantitative estimate of drug-likeness (QED) is 0.678. The number of halogens is 1. The number of ether oxygens (including phenoxy) is 1. The van der Waals surface area contributed by atoms with Crippen molar-refractivity contribution in [2.24, 2.45) is 5.92 Å². The third kappa shape index (κ3) is 4.96. The van der Waals surface area contributed by atoms with E-state index in [0.717, 1.165) is 19.5 Å². The van der Waals surface area contributed by atoms with Crippen molar-refractivity contribution in [3.05, 3.63) is 22.8 Å². The highest BCUT2D eigenvalue weighted by molar-refractivity contribution is 6.32. The zero-order valence-electron chi connectivity index (χ0n) is 13.5. The van der Waals surface area contributed by atoms with E-state index in [1.165, 1.54) is 6.20 Å². The Hall–Kier alpha value is -2.07. The van der Waals surface area contributed by atoms with E-state index < -0.39 is 11.7 Å². The first-order valence-corrected chi connectivity index (χ1v) is 7.78. The van der Waals surface area contributed by atoms with Crippen LogP contribution in [0.2, 0.25) is 5.15 Å². The first-order chi connectivity index (χ1) is 10.8. The van der Waals surface area contributed by atoms with Crippen molar-refractivity contribution in [2.75, 3.05) is 24.5 Å². The summed E-state index contributed by atoms with van der Waals surface area (Å²) in [4.78, 5) is 25.2. The van der Waals surface area contributed by atoms with Crippen molar-refractivity contribution in [3.8, 4) is 0 Å². The van der Waals surface area contributed by atoms with Crippen molar-refractivity contribution < 1.29 is 9.53 Å². The fourth-order valence-corrected chi connectivity index (χ4v) is 2.46. The number of rotatable bonds is 3. The number of nitrogens with one attached hydrogen (secondary N) is 1. The number of carbonyl (C=O) groups is 1. The lowest BCUT2D eigenvalue weighted by Crippen LogP contribution is -2.36. The van der Waals surface area contributed by atoms with Gasteiger partial charge in [-0.05, 0) is 33.1 Å². The maximum absolute atomic E-state index is 11.7. The highest BCUT2D eigenvalue weighted by Gasteiger charge is 2.26. The minimum absolute atomic E-state index is 0.167. The average Bonchev–Trinajstić information content (AvgIpc) is 2.92. The van der Waals surface area contributed by atoms with Gasteiger partial charge in [-0.3, -0.25) is 0 Å². The zero-order valence-corrected chi connectivity index (χ0v) is 14.2. The second kappa shape index (κ2) is 7.01. The van der Waals surface area contributed by atoms with Gasteiger partial charge < -0.3 is 15.0 Å².